The number of anilines is 1. The molecule has 0 unspecified atom stereocenters. The Hall–Kier alpha value is -2.12. The number of ether oxygens (including phenoxy) is 2. The van der Waals surface area contributed by atoms with E-state index in [1.54, 1.807) is 17.8 Å². The van der Waals surface area contributed by atoms with Crippen LogP contribution in [0.25, 0.3) is 10.9 Å². The second-order valence-electron chi connectivity index (χ2n) is 6.10. The van der Waals surface area contributed by atoms with Gasteiger partial charge in [0.25, 0.3) is 0 Å². The summed E-state index contributed by atoms with van der Waals surface area (Å²) in [5, 5.41) is 14.5. The third-order valence-electron chi connectivity index (χ3n) is 4.68. The molecule has 2 aromatic rings. The van der Waals surface area contributed by atoms with Crippen molar-refractivity contribution in [2.45, 2.75) is 18.6 Å². The minimum absolute atomic E-state index is 0.236. The smallest absolute Gasteiger partial charge is 0.337 e. The predicted molar refractivity (Wildman–Crippen MR) is 83.8 cm³/mol. The lowest BCUT2D eigenvalue weighted by Gasteiger charge is -2.38. The number of benzene rings is 1. The molecule has 7 heteroatoms. The second kappa shape index (κ2) is 5.21. The number of aromatic carboxylic acids is 1. The van der Waals surface area contributed by atoms with Crippen molar-refractivity contribution in [1.82, 2.24) is 9.78 Å². The van der Waals surface area contributed by atoms with Gasteiger partial charge >= 0.3 is 5.97 Å². The number of rotatable bonds is 2. The quantitative estimate of drug-likeness (QED) is 0.907. The molecule has 2 fully saturated rings. The summed E-state index contributed by atoms with van der Waals surface area (Å²) in [6, 6.07) is 3.52. The summed E-state index contributed by atoms with van der Waals surface area (Å²) in [7, 11) is 1.81. The molecule has 7 nitrogen and oxygen atoms in total. The average Bonchev–Trinajstić information content (AvgIpc) is 3.13. The van der Waals surface area contributed by atoms with Crippen molar-refractivity contribution in [3.05, 3.63) is 23.9 Å². The van der Waals surface area contributed by atoms with Gasteiger partial charge in [-0.2, -0.15) is 5.10 Å². The van der Waals surface area contributed by atoms with Gasteiger partial charge in [-0.1, -0.05) is 0 Å². The van der Waals surface area contributed by atoms with E-state index in [0.717, 1.165) is 37.0 Å². The van der Waals surface area contributed by atoms with Crippen LogP contribution in [0, 0.1) is 0 Å². The molecule has 0 atom stereocenters. The Morgan fingerprint density at radius 3 is 2.61 bits per heavy atom. The maximum Gasteiger partial charge on any atom is 0.337 e. The number of aromatic nitrogens is 2. The Bertz CT molecular complexity index is 754. The monoisotopic (exact) mass is 317 g/mol. The van der Waals surface area contributed by atoms with Crippen molar-refractivity contribution in [1.29, 1.82) is 0 Å². The molecule has 0 amide bonds. The highest BCUT2D eigenvalue weighted by atomic mass is 16.7. The van der Waals surface area contributed by atoms with Crippen molar-refractivity contribution in [3.63, 3.8) is 0 Å². The molecule has 0 saturated carbocycles. The van der Waals surface area contributed by atoms with E-state index >= 15 is 0 Å². The highest BCUT2D eigenvalue weighted by molar-refractivity contribution is 6.06. The molecule has 1 N–H and O–H groups in total. The SMILES string of the molecule is Cn1cc2c(N3CCC4(CC3)OCCO4)ccc(C(=O)O)c2n1. The molecule has 23 heavy (non-hydrogen) atoms. The molecule has 122 valence electrons. The molecule has 1 aromatic heterocycles. The Balaban J connectivity index is 1.67. The Morgan fingerprint density at radius 1 is 1.26 bits per heavy atom. The van der Waals surface area contributed by atoms with E-state index in [-0.39, 0.29) is 5.56 Å². The van der Waals surface area contributed by atoms with Crippen LogP contribution in [0.4, 0.5) is 5.69 Å². The highest BCUT2D eigenvalue weighted by Crippen LogP contribution is 2.36. The lowest BCUT2D eigenvalue weighted by Crippen LogP contribution is -2.45. The van der Waals surface area contributed by atoms with Crippen LogP contribution in [0.3, 0.4) is 0 Å². The first-order chi connectivity index (χ1) is 11.1. The van der Waals surface area contributed by atoms with Gasteiger partial charge in [0.05, 0.1) is 18.8 Å². The highest BCUT2D eigenvalue weighted by Gasteiger charge is 2.40. The van der Waals surface area contributed by atoms with E-state index in [1.807, 2.05) is 12.3 Å². The number of nitrogens with zero attached hydrogens (tertiary/aromatic N) is 3. The molecule has 2 aliphatic heterocycles. The Morgan fingerprint density at radius 2 is 1.96 bits per heavy atom. The standard InChI is InChI=1S/C16H19N3O4/c1-18-10-12-13(3-2-11(15(20)21)14(12)17-18)19-6-4-16(5-7-19)22-8-9-23-16/h2-3,10H,4-9H2,1H3,(H,20,21). The van der Waals surface area contributed by atoms with Crippen LogP contribution in [-0.2, 0) is 16.5 Å². The number of aryl methyl sites for hydroxylation is 1. The molecular formula is C16H19N3O4. The lowest BCUT2D eigenvalue weighted by atomic mass is 10.0. The van der Waals surface area contributed by atoms with Crippen LogP contribution in [0.2, 0.25) is 0 Å². The zero-order valence-corrected chi connectivity index (χ0v) is 13.0. The minimum atomic E-state index is -0.953. The number of carbonyl (C=O) groups is 1. The molecular weight excluding hydrogens is 298 g/mol. The predicted octanol–water partition coefficient (Wildman–Crippen LogP) is 1.61. The first-order valence-electron chi connectivity index (χ1n) is 7.80. The van der Waals surface area contributed by atoms with E-state index in [2.05, 4.69) is 10.00 Å². The van der Waals surface area contributed by atoms with Gasteiger partial charge < -0.3 is 19.5 Å². The van der Waals surface area contributed by atoms with Crippen LogP contribution in [-0.4, -0.2) is 52.9 Å². The Labute approximate surface area is 133 Å². The average molecular weight is 317 g/mol. The summed E-state index contributed by atoms with van der Waals surface area (Å²) in [6.45, 7) is 2.97. The summed E-state index contributed by atoms with van der Waals surface area (Å²) in [5.41, 5.74) is 1.79. The van der Waals surface area contributed by atoms with Crippen molar-refractivity contribution >= 4 is 22.6 Å². The number of fused-ring (bicyclic) bond motifs is 1. The molecule has 4 rings (SSSR count). The van der Waals surface area contributed by atoms with Crippen molar-refractivity contribution in [2.24, 2.45) is 7.05 Å². The Kier molecular flexibility index (Phi) is 3.28. The van der Waals surface area contributed by atoms with Gasteiger partial charge in [-0.25, -0.2) is 4.79 Å². The van der Waals surface area contributed by atoms with Gasteiger partial charge in [-0.15, -0.1) is 0 Å². The van der Waals surface area contributed by atoms with E-state index in [4.69, 9.17) is 9.47 Å². The summed E-state index contributed by atoms with van der Waals surface area (Å²) < 4.78 is 13.2. The summed E-state index contributed by atoms with van der Waals surface area (Å²) in [4.78, 5) is 13.6. The van der Waals surface area contributed by atoms with Gasteiger partial charge in [0.15, 0.2) is 5.79 Å². The van der Waals surface area contributed by atoms with Crippen LogP contribution >= 0.6 is 0 Å². The fraction of sp³-hybridized carbons (Fsp3) is 0.500. The summed E-state index contributed by atoms with van der Waals surface area (Å²) in [6.07, 6.45) is 3.51. The van der Waals surface area contributed by atoms with E-state index in [1.165, 1.54) is 0 Å². The zero-order valence-electron chi connectivity index (χ0n) is 13.0. The molecule has 0 bridgehead atoms. The number of hydrogen-bond acceptors (Lipinski definition) is 5. The van der Waals surface area contributed by atoms with Crippen molar-refractivity contribution in [3.8, 4) is 0 Å². The number of carboxylic acid groups (broad SMARTS) is 1. The van der Waals surface area contributed by atoms with Crippen LogP contribution < -0.4 is 4.90 Å². The zero-order chi connectivity index (χ0) is 16.0. The summed E-state index contributed by atoms with van der Waals surface area (Å²) in [5.74, 6) is -1.36. The van der Waals surface area contributed by atoms with Crippen molar-refractivity contribution < 1.29 is 19.4 Å². The van der Waals surface area contributed by atoms with E-state index in [9.17, 15) is 9.90 Å². The third-order valence-corrected chi connectivity index (χ3v) is 4.68. The maximum absolute atomic E-state index is 11.4. The van der Waals surface area contributed by atoms with E-state index < -0.39 is 11.8 Å². The third kappa shape index (κ3) is 2.36. The first-order valence-corrected chi connectivity index (χ1v) is 7.80. The summed E-state index contributed by atoms with van der Waals surface area (Å²) >= 11 is 0. The molecule has 3 heterocycles. The number of piperidine rings is 1. The van der Waals surface area contributed by atoms with Crippen LogP contribution in [0.15, 0.2) is 18.3 Å². The topological polar surface area (TPSA) is 76.8 Å². The molecule has 1 aromatic carbocycles. The van der Waals surface area contributed by atoms with Gasteiger partial charge in [0.2, 0.25) is 0 Å². The van der Waals surface area contributed by atoms with Crippen LogP contribution in [0.5, 0.6) is 0 Å². The van der Waals surface area contributed by atoms with Gasteiger partial charge in [-0.3, -0.25) is 4.68 Å². The maximum atomic E-state index is 11.4. The molecule has 0 aliphatic carbocycles. The second-order valence-corrected chi connectivity index (χ2v) is 6.10. The van der Waals surface area contributed by atoms with Gasteiger partial charge in [-0.05, 0) is 12.1 Å². The fourth-order valence-corrected chi connectivity index (χ4v) is 3.53. The lowest BCUT2D eigenvalue weighted by molar-refractivity contribution is -0.169. The molecule has 2 saturated heterocycles. The molecule has 0 radical (unpaired) electrons. The van der Waals surface area contributed by atoms with Gasteiger partial charge in [0, 0.05) is 50.2 Å². The number of carboxylic acids is 1. The minimum Gasteiger partial charge on any atom is -0.478 e. The van der Waals surface area contributed by atoms with Crippen LogP contribution in [0.1, 0.15) is 23.2 Å². The normalized spacial score (nSPS) is 20.5. The fourth-order valence-electron chi connectivity index (χ4n) is 3.53. The first kappa shape index (κ1) is 14.5. The molecule has 1 spiro atoms. The van der Waals surface area contributed by atoms with E-state index in [0.29, 0.717) is 18.7 Å². The van der Waals surface area contributed by atoms with Gasteiger partial charge in [0.1, 0.15) is 5.52 Å². The number of hydrogen-bond donors (Lipinski definition) is 1. The van der Waals surface area contributed by atoms with Crippen molar-refractivity contribution in [2.75, 3.05) is 31.2 Å². The largest absolute Gasteiger partial charge is 0.478 e. The molecule has 2 aliphatic rings.